The highest BCUT2D eigenvalue weighted by atomic mass is 16.5. The lowest BCUT2D eigenvalue weighted by Crippen LogP contribution is -2.57. The average Bonchev–Trinajstić information content (AvgIpc) is 2.92. The number of rotatable bonds is 3. The van der Waals surface area contributed by atoms with Crippen LogP contribution < -0.4 is 11.1 Å². The second-order valence-electron chi connectivity index (χ2n) is 6.59. The minimum absolute atomic E-state index is 0.198. The summed E-state index contributed by atoms with van der Waals surface area (Å²) in [6.45, 7) is 1.84. The minimum atomic E-state index is -0.493. The number of carbonyl (C=O) groups is 1. The predicted octanol–water partition coefficient (Wildman–Crippen LogP) is 0.626. The normalized spacial score (nSPS) is 42.4. The van der Waals surface area contributed by atoms with Crippen LogP contribution in [0.4, 0.5) is 0 Å². The van der Waals surface area contributed by atoms with E-state index >= 15 is 0 Å². The zero-order valence-electron chi connectivity index (χ0n) is 12.4. The summed E-state index contributed by atoms with van der Waals surface area (Å²) < 4.78 is 5.95. The Balaban J connectivity index is 1.71. The predicted molar refractivity (Wildman–Crippen MR) is 77.3 cm³/mol. The largest absolute Gasteiger partial charge is 0.375 e. The number of ether oxygens (including phenoxy) is 1. The molecule has 0 radical (unpaired) electrons. The van der Waals surface area contributed by atoms with Gasteiger partial charge in [-0.25, -0.2) is 0 Å². The van der Waals surface area contributed by atoms with Crippen LogP contribution in [0.15, 0.2) is 0 Å². The Hall–Kier alpha value is -0.650. The van der Waals surface area contributed by atoms with Gasteiger partial charge in [0.15, 0.2) is 0 Å². The van der Waals surface area contributed by atoms with Crippen LogP contribution in [0.1, 0.15) is 44.9 Å². The van der Waals surface area contributed by atoms with Gasteiger partial charge in [0.2, 0.25) is 5.91 Å². The lowest BCUT2D eigenvalue weighted by atomic mass is 9.88. The number of hydrogen-bond acceptors (Lipinski definition) is 4. The number of nitrogens with two attached hydrogens (primary N) is 1. The molecule has 4 atom stereocenters. The fraction of sp³-hybridized carbons (Fsp3) is 0.933. The molecule has 0 spiro atoms. The first-order valence-corrected chi connectivity index (χ1v) is 8.02. The van der Waals surface area contributed by atoms with E-state index in [0.29, 0.717) is 18.2 Å². The Morgan fingerprint density at radius 2 is 2.15 bits per heavy atom. The van der Waals surface area contributed by atoms with Gasteiger partial charge in [0, 0.05) is 18.6 Å². The quantitative estimate of drug-likeness (QED) is 0.796. The SMILES string of the molecule is CNC1(C(N)=O)CCC(N2CCOC3CCCCC32)C1. The maximum Gasteiger partial charge on any atom is 0.237 e. The van der Waals surface area contributed by atoms with Crippen LogP contribution in [0.3, 0.4) is 0 Å². The van der Waals surface area contributed by atoms with Gasteiger partial charge in [-0.05, 0) is 39.2 Å². The molecule has 4 unspecified atom stereocenters. The number of morpholine rings is 1. The summed E-state index contributed by atoms with van der Waals surface area (Å²) >= 11 is 0. The van der Waals surface area contributed by atoms with Crippen LogP contribution in [0.5, 0.6) is 0 Å². The molecule has 0 aromatic rings. The number of carbonyl (C=O) groups excluding carboxylic acids is 1. The number of nitrogens with one attached hydrogen (secondary N) is 1. The van der Waals surface area contributed by atoms with Crippen LogP contribution in [0.2, 0.25) is 0 Å². The van der Waals surface area contributed by atoms with Crippen molar-refractivity contribution < 1.29 is 9.53 Å². The van der Waals surface area contributed by atoms with E-state index in [1.807, 2.05) is 7.05 Å². The molecule has 3 N–H and O–H groups in total. The highest BCUT2D eigenvalue weighted by Crippen LogP contribution is 2.38. The Labute approximate surface area is 121 Å². The van der Waals surface area contributed by atoms with Gasteiger partial charge in [0.1, 0.15) is 0 Å². The zero-order valence-corrected chi connectivity index (χ0v) is 12.4. The van der Waals surface area contributed by atoms with Gasteiger partial charge in [-0.15, -0.1) is 0 Å². The van der Waals surface area contributed by atoms with E-state index in [1.165, 1.54) is 25.7 Å². The van der Waals surface area contributed by atoms with Gasteiger partial charge in [0.25, 0.3) is 0 Å². The summed E-state index contributed by atoms with van der Waals surface area (Å²) in [5, 5.41) is 3.19. The Kier molecular flexibility index (Phi) is 4.02. The third-order valence-electron chi connectivity index (χ3n) is 5.68. The average molecular weight is 281 g/mol. The second-order valence-corrected chi connectivity index (χ2v) is 6.59. The number of nitrogens with zero attached hydrogens (tertiary/aromatic N) is 1. The van der Waals surface area contributed by atoms with Crippen LogP contribution in [0.25, 0.3) is 0 Å². The molecule has 1 amide bonds. The van der Waals surface area contributed by atoms with Crippen molar-refractivity contribution in [2.24, 2.45) is 5.73 Å². The zero-order chi connectivity index (χ0) is 14.2. The minimum Gasteiger partial charge on any atom is -0.375 e. The van der Waals surface area contributed by atoms with E-state index in [2.05, 4.69) is 10.2 Å². The van der Waals surface area contributed by atoms with Crippen LogP contribution in [-0.2, 0) is 9.53 Å². The summed E-state index contributed by atoms with van der Waals surface area (Å²) in [5.74, 6) is -0.198. The molecule has 20 heavy (non-hydrogen) atoms. The fourth-order valence-corrected chi connectivity index (χ4v) is 4.46. The lowest BCUT2D eigenvalue weighted by molar-refractivity contribution is -0.125. The summed E-state index contributed by atoms with van der Waals surface area (Å²) in [7, 11) is 1.86. The summed E-state index contributed by atoms with van der Waals surface area (Å²) in [6.07, 6.45) is 8.22. The fourth-order valence-electron chi connectivity index (χ4n) is 4.46. The smallest absolute Gasteiger partial charge is 0.237 e. The third kappa shape index (κ3) is 2.36. The maximum atomic E-state index is 11.8. The molecule has 2 aliphatic carbocycles. The van der Waals surface area contributed by atoms with E-state index in [4.69, 9.17) is 10.5 Å². The number of amides is 1. The van der Waals surface area contributed by atoms with Crippen molar-refractivity contribution in [3.8, 4) is 0 Å². The van der Waals surface area contributed by atoms with Gasteiger partial charge in [-0.2, -0.15) is 0 Å². The maximum absolute atomic E-state index is 11.8. The molecular weight excluding hydrogens is 254 g/mol. The first-order chi connectivity index (χ1) is 9.66. The summed E-state index contributed by atoms with van der Waals surface area (Å²) in [5.41, 5.74) is 5.13. The van der Waals surface area contributed by atoms with Crippen molar-refractivity contribution in [3.05, 3.63) is 0 Å². The molecule has 3 rings (SSSR count). The van der Waals surface area contributed by atoms with E-state index in [0.717, 1.165) is 32.4 Å². The third-order valence-corrected chi connectivity index (χ3v) is 5.68. The van der Waals surface area contributed by atoms with Crippen molar-refractivity contribution in [2.75, 3.05) is 20.2 Å². The molecule has 1 saturated heterocycles. The number of likely N-dealkylation sites (N-methyl/N-ethyl adjacent to an activating group) is 1. The first kappa shape index (κ1) is 14.3. The van der Waals surface area contributed by atoms with Gasteiger partial charge in [-0.1, -0.05) is 12.8 Å². The van der Waals surface area contributed by atoms with E-state index < -0.39 is 5.54 Å². The van der Waals surface area contributed by atoms with Gasteiger partial charge in [0.05, 0.1) is 18.2 Å². The molecule has 0 aromatic carbocycles. The molecule has 0 aromatic heterocycles. The number of primary amides is 1. The summed E-state index contributed by atoms with van der Waals surface area (Å²) in [4.78, 5) is 14.4. The van der Waals surface area contributed by atoms with Crippen molar-refractivity contribution in [2.45, 2.75) is 68.7 Å². The Bertz CT molecular complexity index is 374. The molecule has 5 nitrogen and oxygen atoms in total. The topological polar surface area (TPSA) is 67.6 Å². The highest BCUT2D eigenvalue weighted by Gasteiger charge is 2.47. The molecule has 3 fully saturated rings. The molecule has 3 aliphatic rings. The molecule has 1 heterocycles. The molecular formula is C15H27N3O2. The molecule has 2 saturated carbocycles. The standard InChI is InChI=1S/C15H27N3O2/c1-17-15(14(16)19)7-6-11(10-15)18-8-9-20-13-5-3-2-4-12(13)18/h11-13,17H,2-10H2,1H3,(H2,16,19). The molecule has 5 heteroatoms. The molecule has 0 bridgehead atoms. The van der Waals surface area contributed by atoms with Crippen molar-refractivity contribution in [3.63, 3.8) is 0 Å². The van der Waals surface area contributed by atoms with Gasteiger partial charge < -0.3 is 15.8 Å². The number of fused-ring (bicyclic) bond motifs is 1. The van der Waals surface area contributed by atoms with E-state index in [1.54, 1.807) is 0 Å². The Morgan fingerprint density at radius 1 is 1.35 bits per heavy atom. The highest BCUT2D eigenvalue weighted by molar-refractivity contribution is 5.85. The monoisotopic (exact) mass is 281 g/mol. The molecule has 114 valence electrons. The van der Waals surface area contributed by atoms with E-state index in [-0.39, 0.29) is 5.91 Å². The Morgan fingerprint density at radius 3 is 2.85 bits per heavy atom. The lowest BCUT2D eigenvalue weighted by Gasteiger charge is -2.46. The van der Waals surface area contributed by atoms with Crippen LogP contribution in [0, 0.1) is 0 Å². The van der Waals surface area contributed by atoms with Gasteiger partial charge in [-0.3, -0.25) is 9.69 Å². The van der Waals surface area contributed by atoms with Gasteiger partial charge >= 0.3 is 0 Å². The first-order valence-electron chi connectivity index (χ1n) is 8.02. The van der Waals surface area contributed by atoms with Crippen LogP contribution in [-0.4, -0.2) is 54.7 Å². The molecule has 1 aliphatic heterocycles. The van der Waals surface area contributed by atoms with Crippen molar-refractivity contribution >= 4 is 5.91 Å². The van der Waals surface area contributed by atoms with Crippen LogP contribution >= 0.6 is 0 Å². The summed E-state index contributed by atoms with van der Waals surface area (Å²) in [6, 6.07) is 1.03. The number of hydrogen-bond donors (Lipinski definition) is 2. The second kappa shape index (κ2) is 5.62. The van der Waals surface area contributed by atoms with Crippen molar-refractivity contribution in [1.82, 2.24) is 10.2 Å². The van der Waals surface area contributed by atoms with E-state index in [9.17, 15) is 4.79 Å². The van der Waals surface area contributed by atoms with Crippen molar-refractivity contribution in [1.29, 1.82) is 0 Å².